The largest absolute Gasteiger partial charge is 0.478 e. The summed E-state index contributed by atoms with van der Waals surface area (Å²) in [5.41, 5.74) is 1.07. The number of rotatable bonds is 2. The lowest BCUT2D eigenvalue weighted by atomic mass is 10.2. The van der Waals surface area contributed by atoms with E-state index in [1.165, 1.54) is 29.7 Å². The number of nitrogens with one attached hydrogen (secondary N) is 1. The van der Waals surface area contributed by atoms with E-state index < -0.39 is 12.1 Å². The van der Waals surface area contributed by atoms with E-state index >= 15 is 0 Å². The van der Waals surface area contributed by atoms with Gasteiger partial charge in [-0.05, 0) is 12.1 Å². The standard InChI is InChI=1S/C8H7NO5/c10-7(11)5-3-1-2-4-6(5)14-8(12)9-13/h1-4,13H,(H,9,12)(H,10,11). The number of ether oxygens (including phenoxy) is 1. The van der Waals surface area contributed by atoms with E-state index in [-0.39, 0.29) is 11.3 Å². The van der Waals surface area contributed by atoms with Gasteiger partial charge in [0.1, 0.15) is 11.3 Å². The van der Waals surface area contributed by atoms with Crippen molar-refractivity contribution in [2.45, 2.75) is 0 Å². The molecule has 0 saturated carbocycles. The van der Waals surface area contributed by atoms with Crippen LogP contribution in [0, 0.1) is 0 Å². The first-order chi connectivity index (χ1) is 6.65. The van der Waals surface area contributed by atoms with Crippen LogP contribution in [0.2, 0.25) is 0 Å². The molecule has 0 aliphatic heterocycles. The van der Waals surface area contributed by atoms with E-state index in [0.29, 0.717) is 0 Å². The molecule has 0 saturated heterocycles. The zero-order valence-corrected chi connectivity index (χ0v) is 6.93. The number of hydrogen-bond donors (Lipinski definition) is 3. The zero-order valence-electron chi connectivity index (χ0n) is 6.93. The number of benzene rings is 1. The lowest BCUT2D eigenvalue weighted by molar-refractivity contribution is 0.0692. The van der Waals surface area contributed by atoms with Crippen LogP contribution in [0.1, 0.15) is 10.4 Å². The zero-order chi connectivity index (χ0) is 10.6. The second kappa shape index (κ2) is 4.24. The molecule has 0 aromatic heterocycles. The van der Waals surface area contributed by atoms with Crippen LogP contribution >= 0.6 is 0 Å². The molecule has 0 bridgehead atoms. The highest BCUT2D eigenvalue weighted by Gasteiger charge is 2.12. The van der Waals surface area contributed by atoms with Gasteiger partial charge in [-0.2, -0.15) is 0 Å². The molecule has 0 spiro atoms. The molecule has 1 rings (SSSR count). The summed E-state index contributed by atoms with van der Waals surface area (Å²) in [4.78, 5) is 21.2. The Morgan fingerprint density at radius 2 is 1.93 bits per heavy atom. The number of carbonyl (C=O) groups is 2. The van der Waals surface area contributed by atoms with Crippen LogP contribution in [0.3, 0.4) is 0 Å². The summed E-state index contributed by atoms with van der Waals surface area (Å²) in [6.45, 7) is 0. The van der Waals surface area contributed by atoms with Crippen molar-refractivity contribution in [1.29, 1.82) is 0 Å². The van der Waals surface area contributed by atoms with Crippen molar-refractivity contribution >= 4 is 12.1 Å². The van der Waals surface area contributed by atoms with Gasteiger partial charge < -0.3 is 9.84 Å². The van der Waals surface area contributed by atoms with Gasteiger partial charge in [0, 0.05) is 0 Å². The van der Waals surface area contributed by atoms with Gasteiger partial charge in [0.05, 0.1) is 0 Å². The SMILES string of the molecule is O=C(NO)Oc1ccccc1C(=O)O. The minimum absolute atomic E-state index is 0.133. The van der Waals surface area contributed by atoms with E-state index in [9.17, 15) is 9.59 Å². The summed E-state index contributed by atoms with van der Waals surface area (Å²) in [5, 5.41) is 16.8. The van der Waals surface area contributed by atoms with Gasteiger partial charge in [-0.25, -0.2) is 15.1 Å². The molecule has 14 heavy (non-hydrogen) atoms. The molecule has 1 aromatic carbocycles. The minimum atomic E-state index is -1.22. The Hall–Kier alpha value is -2.08. The Kier molecular flexibility index (Phi) is 3.03. The highest BCUT2D eigenvalue weighted by molar-refractivity contribution is 5.91. The Labute approximate surface area is 78.7 Å². The molecule has 3 N–H and O–H groups in total. The Morgan fingerprint density at radius 1 is 1.29 bits per heavy atom. The van der Waals surface area contributed by atoms with Gasteiger partial charge in [0.25, 0.3) is 0 Å². The molecule has 0 heterocycles. The van der Waals surface area contributed by atoms with Crippen LogP contribution in [0.15, 0.2) is 24.3 Å². The summed E-state index contributed by atoms with van der Waals surface area (Å²) in [6.07, 6.45) is -1.14. The highest BCUT2D eigenvalue weighted by Crippen LogP contribution is 2.17. The molecule has 1 aromatic rings. The maximum absolute atomic E-state index is 10.6. The lowest BCUT2D eigenvalue weighted by Gasteiger charge is -2.04. The number of para-hydroxylation sites is 1. The Morgan fingerprint density at radius 3 is 2.50 bits per heavy atom. The fraction of sp³-hybridized carbons (Fsp3) is 0. The van der Waals surface area contributed by atoms with Gasteiger partial charge in [-0.3, -0.25) is 5.21 Å². The van der Waals surface area contributed by atoms with Crippen molar-refractivity contribution in [2.24, 2.45) is 0 Å². The third kappa shape index (κ3) is 2.20. The third-order valence-corrected chi connectivity index (χ3v) is 1.41. The average molecular weight is 197 g/mol. The van der Waals surface area contributed by atoms with E-state index in [0.717, 1.165) is 0 Å². The molecule has 0 radical (unpaired) electrons. The third-order valence-electron chi connectivity index (χ3n) is 1.41. The molecule has 0 aliphatic rings. The van der Waals surface area contributed by atoms with E-state index in [4.69, 9.17) is 10.3 Å². The molecule has 1 amide bonds. The van der Waals surface area contributed by atoms with Crippen molar-refractivity contribution in [3.05, 3.63) is 29.8 Å². The molecular formula is C8H7NO5. The second-order valence-electron chi connectivity index (χ2n) is 2.30. The molecule has 0 unspecified atom stereocenters. The van der Waals surface area contributed by atoms with Crippen molar-refractivity contribution in [3.8, 4) is 5.75 Å². The van der Waals surface area contributed by atoms with Crippen molar-refractivity contribution < 1.29 is 24.6 Å². The van der Waals surface area contributed by atoms with Crippen LogP contribution in [-0.4, -0.2) is 22.4 Å². The summed E-state index contributed by atoms with van der Waals surface area (Å²) in [7, 11) is 0. The predicted octanol–water partition coefficient (Wildman–Crippen LogP) is 0.862. The number of carboxylic acids is 1. The van der Waals surface area contributed by atoms with Crippen LogP contribution in [0.4, 0.5) is 4.79 Å². The molecule has 0 fully saturated rings. The molecule has 74 valence electrons. The number of hydroxylamine groups is 1. The Bertz CT molecular complexity index is 363. The molecular weight excluding hydrogens is 190 g/mol. The van der Waals surface area contributed by atoms with Crippen LogP contribution < -0.4 is 10.2 Å². The maximum Gasteiger partial charge on any atom is 0.436 e. The molecule has 6 heteroatoms. The summed E-state index contributed by atoms with van der Waals surface area (Å²) < 4.78 is 4.48. The Balaban J connectivity index is 2.95. The quantitative estimate of drug-likeness (QED) is 0.482. The van der Waals surface area contributed by atoms with Gasteiger partial charge in [-0.15, -0.1) is 0 Å². The van der Waals surface area contributed by atoms with Crippen molar-refractivity contribution in [1.82, 2.24) is 5.48 Å². The summed E-state index contributed by atoms with van der Waals surface area (Å²) in [5.74, 6) is -1.35. The lowest BCUT2D eigenvalue weighted by Crippen LogP contribution is -2.23. The number of hydrogen-bond acceptors (Lipinski definition) is 4. The average Bonchev–Trinajstić information content (AvgIpc) is 2.18. The highest BCUT2D eigenvalue weighted by atomic mass is 16.6. The van der Waals surface area contributed by atoms with Gasteiger partial charge in [0.15, 0.2) is 0 Å². The second-order valence-corrected chi connectivity index (χ2v) is 2.30. The normalized spacial score (nSPS) is 9.21. The van der Waals surface area contributed by atoms with Crippen molar-refractivity contribution in [3.63, 3.8) is 0 Å². The summed E-state index contributed by atoms with van der Waals surface area (Å²) >= 11 is 0. The first-order valence-corrected chi connectivity index (χ1v) is 3.59. The van der Waals surface area contributed by atoms with Crippen LogP contribution in [0.25, 0.3) is 0 Å². The maximum atomic E-state index is 10.6. The van der Waals surface area contributed by atoms with Crippen molar-refractivity contribution in [2.75, 3.05) is 0 Å². The van der Waals surface area contributed by atoms with E-state index in [1.54, 1.807) is 0 Å². The smallest absolute Gasteiger partial charge is 0.436 e. The van der Waals surface area contributed by atoms with E-state index in [2.05, 4.69) is 4.74 Å². The fourth-order valence-corrected chi connectivity index (χ4v) is 0.855. The first-order valence-electron chi connectivity index (χ1n) is 3.59. The first kappa shape index (κ1) is 10.0. The van der Waals surface area contributed by atoms with Crippen LogP contribution in [-0.2, 0) is 0 Å². The monoisotopic (exact) mass is 197 g/mol. The summed E-state index contributed by atoms with van der Waals surface area (Å²) in [6, 6.07) is 5.58. The predicted molar refractivity (Wildman–Crippen MR) is 44.3 cm³/mol. The van der Waals surface area contributed by atoms with E-state index in [1.807, 2.05) is 0 Å². The number of carboxylic acid groups (broad SMARTS) is 1. The van der Waals surface area contributed by atoms with Gasteiger partial charge in [-0.1, -0.05) is 12.1 Å². The molecule has 0 aliphatic carbocycles. The number of carbonyl (C=O) groups excluding carboxylic acids is 1. The molecule has 6 nitrogen and oxygen atoms in total. The van der Waals surface area contributed by atoms with Gasteiger partial charge in [0.2, 0.25) is 0 Å². The topological polar surface area (TPSA) is 95.9 Å². The van der Waals surface area contributed by atoms with Crippen LogP contribution in [0.5, 0.6) is 5.75 Å². The van der Waals surface area contributed by atoms with Gasteiger partial charge >= 0.3 is 12.1 Å². The molecule has 0 atom stereocenters. The fourth-order valence-electron chi connectivity index (χ4n) is 0.855. The minimum Gasteiger partial charge on any atom is -0.478 e. The number of aromatic carboxylic acids is 1. The number of amides is 1.